The van der Waals surface area contributed by atoms with Crippen molar-refractivity contribution in [2.45, 2.75) is 38.6 Å². The zero-order chi connectivity index (χ0) is 16.1. The molecule has 1 fully saturated rings. The normalized spacial score (nSPS) is 20.8. The lowest BCUT2D eigenvalue weighted by Crippen LogP contribution is -2.49. The highest BCUT2D eigenvalue weighted by atomic mass is 16.6. The number of amides is 2. The molecular formula is C16H22N2O4. The van der Waals surface area contributed by atoms with Crippen molar-refractivity contribution in [3.05, 3.63) is 35.9 Å². The molecule has 1 aliphatic heterocycles. The topological polar surface area (TPSA) is 70.1 Å². The van der Waals surface area contributed by atoms with E-state index in [1.165, 1.54) is 0 Å². The van der Waals surface area contributed by atoms with Crippen molar-refractivity contribution < 1.29 is 19.4 Å². The number of rotatable bonds is 4. The van der Waals surface area contributed by atoms with Crippen molar-refractivity contribution in [3.8, 4) is 0 Å². The fourth-order valence-electron chi connectivity index (χ4n) is 2.49. The SMILES string of the molecule is CCN(C)C(=O)[C@@H]1CCC(O)N1C(=O)OCc1ccccc1. The standard InChI is InChI=1S/C16H22N2O4/c1-3-17(2)15(20)13-9-10-14(19)18(13)16(21)22-11-12-7-5-4-6-8-12/h4-8,13-14,19H,3,9-11H2,1-2H3/t13-,14?/m0/s1. The molecule has 0 aliphatic carbocycles. The molecule has 1 saturated heterocycles. The summed E-state index contributed by atoms with van der Waals surface area (Å²) >= 11 is 0. The summed E-state index contributed by atoms with van der Waals surface area (Å²) in [6, 6.07) is 8.64. The number of aliphatic hydroxyl groups is 1. The highest BCUT2D eigenvalue weighted by molar-refractivity contribution is 5.86. The molecule has 1 aromatic carbocycles. The number of benzene rings is 1. The van der Waals surface area contributed by atoms with Crippen molar-refractivity contribution in [2.75, 3.05) is 13.6 Å². The molecule has 0 bridgehead atoms. The Kier molecular flexibility index (Phi) is 5.38. The molecule has 6 nitrogen and oxygen atoms in total. The van der Waals surface area contributed by atoms with Gasteiger partial charge in [-0.1, -0.05) is 30.3 Å². The minimum atomic E-state index is -0.970. The van der Waals surface area contributed by atoms with E-state index < -0.39 is 18.4 Å². The first-order valence-corrected chi connectivity index (χ1v) is 7.46. The van der Waals surface area contributed by atoms with E-state index in [0.717, 1.165) is 10.5 Å². The highest BCUT2D eigenvalue weighted by Crippen LogP contribution is 2.25. The van der Waals surface area contributed by atoms with E-state index in [1.54, 1.807) is 11.9 Å². The molecule has 1 aliphatic rings. The Morgan fingerprint density at radius 1 is 1.32 bits per heavy atom. The van der Waals surface area contributed by atoms with Crippen LogP contribution < -0.4 is 0 Å². The van der Waals surface area contributed by atoms with Crippen molar-refractivity contribution in [1.29, 1.82) is 0 Å². The van der Waals surface area contributed by atoms with Crippen molar-refractivity contribution in [2.24, 2.45) is 0 Å². The van der Waals surface area contributed by atoms with Crippen LogP contribution in [0.15, 0.2) is 30.3 Å². The Balaban J connectivity index is 2.01. The minimum Gasteiger partial charge on any atom is -0.444 e. The summed E-state index contributed by atoms with van der Waals surface area (Å²) in [5, 5.41) is 9.98. The number of nitrogens with zero attached hydrogens (tertiary/aromatic N) is 2. The summed E-state index contributed by atoms with van der Waals surface area (Å²) in [6.07, 6.45) is -0.793. The third kappa shape index (κ3) is 3.57. The van der Waals surface area contributed by atoms with Crippen LogP contribution in [0.1, 0.15) is 25.3 Å². The second-order valence-electron chi connectivity index (χ2n) is 5.37. The molecule has 2 amide bonds. The summed E-state index contributed by atoms with van der Waals surface area (Å²) in [5.41, 5.74) is 0.859. The van der Waals surface area contributed by atoms with E-state index in [9.17, 15) is 14.7 Å². The van der Waals surface area contributed by atoms with Crippen LogP contribution in [-0.2, 0) is 16.1 Å². The lowest BCUT2D eigenvalue weighted by molar-refractivity contribution is -0.136. The van der Waals surface area contributed by atoms with Crippen LogP contribution in [0.25, 0.3) is 0 Å². The zero-order valence-corrected chi connectivity index (χ0v) is 12.9. The maximum Gasteiger partial charge on any atom is 0.412 e. The van der Waals surface area contributed by atoms with Gasteiger partial charge in [-0.2, -0.15) is 0 Å². The highest BCUT2D eigenvalue weighted by Gasteiger charge is 2.42. The first kappa shape index (κ1) is 16.3. The molecule has 22 heavy (non-hydrogen) atoms. The van der Waals surface area contributed by atoms with Gasteiger partial charge in [0.25, 0.3) is 0 Å². The number of carbonyl (C=O) groups is 2. The number of hydrogen-bond donors (Lipinski definition) is 1. The summed E-state index contributed by atoms with van der Waals surface area (Å²) in [7, 11) is 1.68. The number of aliphatic hydroxyl groups excluding tert-OH is 1. The van der Waals surface area contributed by atoms with Crippen LogP contribution in [0.2, 0.25) is 0 Å². The predicted octanol–water partition coefficient (Wildman–Crippen LogP) is 1.58. The van der Waals surface area contributed by atoms with E-state index in [0.29, 0.717) is 19.4 Å². The van der Waals surface area contributed by atoms with E-state index in [2.05, 4.69) is 0 Å². The second kappa shape index (κ2) is 7.26. The quantitative estimate of drug-likeness (QED) is 0.917. The molecule has 0 saturated carbocycles. The third-order valence-electron chi connectivity index (χ3n) is 3.91. The van der Waals surface area contributed by atoms with Crippen molar-refractivity contribution >= 4 is 12.0 Å². The smallest absolute Gasteiger partial charge is 0.412 e. The average Bonchev–Trinajstić information content (AvgIpc) is 2.93. The first-order chi connectivity index (χ1) is 10.5. The fraction of sp³-hybridized carbons (Fsp3) is 0.500. The van der Waals surface area contributed by atoms with Crippen LogP contribution in [0, 0.1) is 0 Å². The molecule has 1 heterocycles. The number of ether oxygens (including phenoxy) is 1. The monoisotopic (exact) mass is 306 g/mol. The van der Waals surface area contributed by atoms with Crippen LogP contribution in [0.3, 0.4) is 0 Å². The number of likely N-dealkylation sites (tertiary alicyclic amines) is 1. The van der Waals surface area contributed by atoms with Crippen molar-refractivity contribution in [3.63, 3.8) is 0 Å². The van der Waals surface area contributed by atoms with E-state index in [1.807, 2.05) is 37.3 Å². The van der Waals surface area contributed by atoms with Crippen LogP contribution in [0.4, 0.5) is 4.79 Å². The van der Waals surface area contributed by atoms with Gasteiger partial charge in [-0.05, 0) is 25.3 Å². The molecule has 6 heteroatoms. The molecule has 1 aromatic rings. The maximum atomic E-state index is 12.3. The largest absolute Gasteiger partial charge is 0.444 e. The minimum absolute atomic E-state index is 0.118. The van der Waals surface area contributed by atoms with Gasteiger partial charge in [0.15, 0.2) is 0 Å². The Morgan fingerprint density at radius 3 is 2.64 bits per heavy atom. The number of likely N-dealkylation sites (N-methyl/N-ethyl adjacent to an activating group) is 1. The summed E-state index contributed by atoms with van der Waals surface area (Å²) in [6.45, 7) is 2.53. The number of carbonyl (C=O) groups excluding carboxylic acids is 2. The Hall–Kier alpha value is -2.08. The molecular weight excluding hydrogens is 284 g/mol. The predicted molar refractivity (Wildman–Crippen MR) is 80.8 cm³/mol. The molecule has 2 rings (SSSR count). The maximum absolute atomic E-state index is 12.3. The van der Waals surface area contributed by atoms with Crippen LogP contribution in [0.5, 0.6) is 0 Å². The van der Waals surface area contributed by atoms with Gasteiger partial charge in [0.05, 0.1) is 0 Å². The first-order valence-electron chi connectivity index (χ1n) is 7.46. The second-order valence-corrected chi connectivity index (χ2v) is 5.37. The number of hydrogen-bond acceptors (Lipinski definition) is 4. The van der Waals surface area contributed by atoms with Gasteiger partial charge in [0, 0.05) is 13.6 Å². The molecule has 0 radical (unpaired) electrons. The Morgan fingerprint density at radius 2 is 2.00 bits per heavy atom. The van der Waals surface area contributed by atoms with E-state index >= 15 is 0 Å². The fourth-order valence-corrected chi connectivity index (χ4v) is 2.49. The van der Waals surface area contributed by atoms with E-state index in [-0.39, 0.29) is 12.5 Å². The molecule has 0 spiro atoms. The summed E-state index contributed by atoms with van der Waals surface area (Å²) in [5.74, 6) is -0.171. The van der Waals surface area contributed by atoms with Gasteiger partial charge in [-0.25, -0.2) is 4.79 Å². The molecule has 1 N–H and O–H groups in total. The van der Waals surface area contributed by atoms with Crippen LogP contribution >= 0.6 is 0 Å². The zero-order valence-electron chi connectivity index (χ0n) is 12.9. The van der Waals surface area contributed by atoms with Gasteiger partial charge in [0.1, 0.15) is 18.9 Å². The Bertz CT molecular complexity index is 520. The van der Waals surface area contributed by atoms with Gasteiger partial charge in [-0.3, -0.25) is 9.69 Å². The van der Waals surface area contributed by atoms with E-state index in [4.69, 9.17) is 4.74 Å². The molecule has 0 aromatic heterocycles. The third-order valence-corrected chi connectivity index (χ3v) is 3.91. The van der Waals surface area contributed by atoms with Crippen molar-refractivity contribution in [1.82, 2.24) is 9.80 Å². The summed E-state index contributed by atoms with van der Waals surface area (Å²) in [4.78, 5) is 27.2. The lowest BCUT2D eigenvalue weighted by atomic mass is 10.2. The Labute approximate surface area is 130 Å². The van der Waals surface area contributed by atoms with Crippen LogP contribution in [-0.4, -0.2) is 52.8 Å². The molecule has 2 atom stereocenters. The molecule has 1 unspecified atom stereocenters. The molecule has 120 valence electrons. The lowest BCUT2D eigenvalue weighted by Gasteiger charge is -2.28. The van der Waals surface area contributed by atoms with Gasteiger partial charge in [-0.15, -0.1) is 0 Å². The van der Waals surface area contributed by atoms with Gasteiger partial charge < -0.3 is 14.7 Å². The van der Waals surface area contributed by atoms with Gasteiger partial charge >= 0.3 is 6.09 Å². The van der Waals surface area contributed by atoms with Gasteiger partial charge in [0.2, 0.25) is 5.91 Å². The average molecular weight is 306 g/mol. The summed E-state index contributed by atoms with van der Waals surface area (Å²) < 4.78 is 5.23.